The van der Waals surface area contributed by atoms with Crippen molar-refractivity contribution in [2.24, 2.45) is 10.7 Å². The summed E-state index contributed by atoms with van der Waals surface area (Å²) in [7, 11) is 1.67. The molecule has 1 aliphatic heterocycles. The number of hydrogen-bond donors (Lipinski definition) is 1. The first kappa shape index (κ1) is 11.6. The number of nitrogens with two attached hydrogens (primary N) is 1. The van der Waals surface area contributed by atoms with E-state index in [1.54, 1.807) is 7.11 Å². The predicted molar refractivity (Wildman–Crippen MR) is 72.1 cm³/mol. The lowest BCUT2D eigenvalue weighted by Gasteiger charge is -2.16. The van der Waals surface area contributed by atoms with Gasteiger partial charge < -0.3 is 10.5 Å². The number of amides is 1. The van der Waals surface area contributed by atoms with Gasteiger partial charge in [-0.1, -0.05) is 17.8 Å². The highest BCUT2D eigenvalue weighted by molar-refractivity contribution is 8.15. The maximum absolute atomic E-state index is 11.8. The van der Waals surface area contributed by atoms with Crippen molar-refractivity contribution in [2.45, 2.75) is 24.0 Å². The summed E-state index contributed by atoms with van der Waals surface area (Å²) in [5.74, 6) is 1.01. The zero-order valence-electron chi connectivity index (χ0n) is 10.1. The van der Waals surface area contributed by atoms with Gasteiger partial charge in [-0.2, -0.15) is 4.99 Å². The van der Waals surface area contributed by atoms with Crippen LogP contribution in [0.25, 0.3) is 0 Å². The van der Waals surface area contributed by atoms with Gasteiger partial charge in [0.1, 0.15) is 11.0 Å². The van der Waals surface area contributed by atoms with E-state index < -0.39 is 0 Å². The Morgan fingerprint density at radius 3 is 3.00 bits per heavy atom. The average molecular weight is 262 g/mol. The first-order valence-corrected chi connectivity index (χ1v) is 6.78. The molecule has 2 aliphatic rings. The van der Waals surface area contributed by atoms with Crippen molar-refractivity contribution < 1.29 is 9.53 Å². The molecule has 3 rings (SSSR count). The Morgan fingerprint density at radius 2 is 2.33 bits per heavy atom. The number of aryl methyl sites for hydroxylation is 1. The smallest absolute Gasteiger partial charge is 0.262 e. The molecule has 0 bridgehead atoms. The third kappa shape index (κ3) is 1.79. The van der Waals surface area contributed by atoms with Gasteiger partial charge in [-0.25, -0.2) is 0 Å². The topological polar surface area (TPSA) is 64.7 Å². The van der Waals surface area contributed by atoms with E-state index in [1.165, 1.54) is 22.9 Å². The number of hydrogen-bond acceptors (Lipinski definition) is 4. The molecule has 0 saturated carbocycles. The van der Waals surface area contributed by atoms with E-state index in [9.17, 15) is 4.79 Å². The molecule has 1 aromatic carbocycles. The van der Waals surface area contributed by atoms with E-state index in [0.717, 1.165) is 18.6 Å². The summed E-state index contributed by atoms with van der Waals surface area (Å²) in [6.07, 6.45) is 1.97. The van der Waals surface area contributed by atoms with Crippen LogP contribution in [0.15, 0.2) is 23.2 Å². The van der Waals surface area contributed by atoms with Gasteiger partial charge in [0.25, 0.3) is 5.91 Å². The van der Waals surface area contributed by atoms with Crippen molar-refractivity contribution in [1.29, 1.82) is 0 Å². The van der Waals surface area contributed by atoms with E-state index in [0.29, 0.717) is 5.17 Å². The van der Waals surface area contributed by atoms with Crippen LogP contribution in [0.3, 0.4) is 0 Å². The molecule has 4 nitrogen and oxygen atoms in total. The first-order chi connectivity index (χ1) is 8.69. The molecule has 0 saturated heterocycles. The van der Waals surface area contributed by atoms with Crippen LogP contribution in [0.5, 0.6) is 5.75 Å². The normalized spacial score (nSPS) is 26.1. The predicted octanol–water partition coefficient (Wildman–Crippen LogP) is 1.68. The molecule has 1 aliphatic carbocycles. The summed E-state index contributed by atoms with van der Waals surface area (Å²) in [6, 6.07) is 6.07. The van der Waals surface area contributed by atoms with Crippen molar-refractivity contribution in [2.75, 3.05) is 7.11 Å². The second-order valence-electron chi connectivity index (χ2n) is 4.54. The van der Waals surface area contributed by atoms with Gasteiger partial charge in [-0.3, -0.25) is 4.79 Å². The Kier molecular flexibility index (Phi) is 2.78. The Morgan fingerprint density at radius 1 is 1.50 bits per heavy atom. The molecule has 0 spiro atoms. The molecular weight excluding hydrogens is 248 g/mol. The van der Waals surface area contributed by atoms with Gasteiger partial charge in [-0.05, 0) is 36.1 Å². The zero-order valence-corrected chi connectivity index (χ0v) is 10.9. The third-order valence-electron chi connectivity index (χ3n) is 3.55. The fraction of sp³-hybridized carbons (Fsp3) is 0.385. The van der Waals surface area contributed by atoms with Crippen LogP contribution in [-0.4, -0.2) is 23.4 Å². The van der Waals surface area contributed by atoms with Gasteiger partial charge >= 0.3 is 0 Å². The molecule has 94 valence electrons. The average Bonchev–Trinajstić information content (AvgIpc) is 2.91. The Labute approximate surface area is 110 Å². The highest BCUT2D eigenvalue weighted by Crippen LogP contribution is 2.43. The second-order valence-corrected chi connectivity index (χ2v) is 5.70. The van der Waals surface area contributed by atoms with Crippen LogP contribution in [0.1, 0.15) is 23.5 Å². The summed E-state index contributed by atoms with van der Waals surface area (Å²) in [6.45, 7) is 0. The molecule has 1 heterocycles. The highest BCUT2D eigenvalue weighted by atomic mass is 32.2. The molecule has 5 heteroatoms. The fourth-order valence-electron chi connectivity index (χ4n) is 2.70. The number of fused-ring (bicyclic) bond motifs is 1. The van der Waals surface area contributed by atoms with E-state index in [2.05, 4.69) is 17.1 Å². The van der Waals surface area contributed by atoms with Crippen molar-refractivity contribution >= 4 is 22.8 Å². The molecule has 1 aromatic rings. The van der Waals surface area contributed by atoms with Crippen LogP contribution in [0.2, 0.25) is 0 Å². The quantitative estimate of drug-likeness (QED) is 0.880. The number of benzene rings is 1. The monoisotopic (exact) mass is 262 g/mol. The van der Waals surface area contributed by atoms with E-state index >= 15 is 0 Å². The van der Waals surface area contributed by atoms with Crippen LogP contribution in [0.4, 0.5) is 0 Å². The molecule has 0 aromatic heterocycles. The lowest BCUT2D eigenvalue weighted by molar-refractivity contribution is -0.117. The minimum absolute atomic E-state index is 0.0915. The van der Waals surface area contributed by atoms with Gasteiger partial charge in [-0.15, -0.1) is 0 Å². The van der Waals surface area contributed by atoms with Crippen LogP contribution < -0.4 is 10.5 Å². The highest BCUT2D eigenvalue weighted by Gasteiger charge is 2.38. The number of thioether (sulfide) groups is 1. The minimum atomic E-state index is -0.139. The molecule has 1 amide bonds. The number of rotatable bonds is 2. The molecule has 2 atom stereocenters. The van der Waals surface area contributed by atoms with Gasteiger partial charge in [0.2, 0.25) is 0 Å². The van der Waals surface area contributed by atoms with Crippen molar-refractivity contribution in [3.8, 4) is 5.75 Å². The number of amidine groups is 1. The third-order valence-corrected chi connectivity index (χ3v) is 4.67. The Balaban J connectivity index is 1.89. The van der Waals surface area contributed by atoms with Crippen LogP contribution in [-0.2, 0) is 11.2 Å². The van der Waals surface area contributed by atoms with Crippen molar-refractivity contribution in [3.63, 3.8) is 0 Å². The Bertz CT molecular complexity index is 542. The molecular formula is C13H14N2O2S. The number of methoxy groups -OCH3 is 1. The zero-order chi connectivity index (χ0) is 12.7. The van der Waals surface area contributed by atoms with E-state index in [-0.39, 0.29) is 17.1 Å². The van der Waals surface area contributed by atoms with Crippen molar-refractivity contribution in [3.05, 3.63) is 29.3 Å². The standard InChI is InChI=1S/C13H14N2O2S/c1-17-8-3-5-9-7(6-8)2-4-10(9)11-12(16)15-13(14)18-11/h3,5-6,10-11H,2,4H2,1H3,(H2,14,15,16). The summed E-state index contributed by atoms with van der Waals surface area (Å²) in [4.78, 5) is 15.6. The molecule has 2 N–H and O–H groups in total. The molecule has 2 unspecified atom stereocenters. The summed E-state index contributed by atoms with van der Waals surface area (Å²) in [5.41, 5.74) is 8.14. The number of aliphatic imine (C=N–C) groups is 1. The summed E-state index contributed by atoms with van der Waals surface area (Å²) in [5, 5.41) is 0.256. The molecule has 0 radical (unpaired) electrons. The van der Waals surface area contributed by atoms with Crippen molar-refractivity contribution in [1.82, 2.24) is 0 Å². The first-order valence-electron chi connectivity index (χ1n) is 5.90. The lowest BCUT2D eigenvalue weighted by atomic mass is 9.97. The minimum Gasteiger partial charge on any atom is -0.497 e. The second kappa shape index (κ2) is 4.31. The van der Waals surface area contributed by atoms with Gasteiger partial charge in [0, 0.05) is 5.92 Å². The van der Waals surface area contributed by atoms with Crippen LogP contribution >= 0.6 is 11.8 Å². The maximum Gasteiger partial charge on any atom is 0.262 e. The largest absolute Gasteiger partial charge is 0.497 e. The number of nitrogens with zero attached hydrogens (tertiary/aromatic N) is 1. The SMILES string of the molecule is COc1ccc2c(c1)CCC2C1SC(N)=NC1=O. The number of carbonyl (C=O) groups excluding carboxylic acids is 1. The molecule has 18 heavy (non-hydrogen) atoms. The van der Waals surface area contributed by atoms with Crippen LogP contribution in [0, 0.1) is 0 Å². The van der Waals surface area contributed by atoms with E-state index in [1.807, 2.05) is 6.07 Å². The summed E-state index contributed by atoms with van der Waals surface area (Å²) < 4.78 is 5.22. The maximum atomic E-state index is 11.8. The fourth-order valence-corrected chi connectivity index (χ4v) is 3.70. The summed E-state index contributed by atoms with van der Waals surface area (Å²) >= 11 is 1.39. The van der Waals surface area contributed by atoms with Gasteiger partial charge in [0.15, 0.2) is 5.17 Å². The number of ether oxygens (including phenoxy) is 1. The number of carbonyl (C=O) groups is 1. The molecule has 0 fully saturated rings. The van der Waals surface area contributed by atoms with Gasteiger partial charge in [0.05, 0.1) is 7.11 Å². The Hall–Kier alpha value is -1.49. The lowest BCUT2D eigenvalue weighted by Crippen LogP contribution is -2.19. The van der Waals surface area contributed by atoms with E-state index in [4.69, 9.17) is 10.5 Å².